The van der Waals surface area contributed by atoms with Crippen LogP contribution in [0.25, 0.3) is 10.8 Å². The van der Waals surface area contributed by atoms with Gasteiger partial charge in [0.2, 0.25) is 0 Å². The van der Waals surface area contributed by atoms with Crippen LogP contribution in [0.2, 0.25) is 0 Å². The van der Waals surface area contributed by atoms with Gasteiger partial charge in [-0.15, -0.1) is 0 Å². The number of rotatable bonds is 10. The van der Waals surface area contributed by atoms with E-state index in [0.717, 1.165) is 42.0 Å². The number of aryl methyl sites for hydroxylation is 1. The van der Waals surface area contributed by atoms with E-state index in [1.165, 1.54) is 19.3 Å². The Kier molecular flexibility index (Phi) is 7.67. The molecule has 0 atom stereocenters. The van der Waals surface area contributed by atoms with E-state index in [1.807, 2.05) is 24.3 Å². The molecular formula is C22H30O2. The van der Waals surface area contributed by atoms with Crippen molar-refractivity contribution in [3.05, 3.63) is 48.0 Å². The van der Waals surface area contributed by atoms with E-state index in [9.17, 15) is 5.11 Å². The first-order chi connectivity index (χ1) is 11.8. The zero-order valence-electron chi connectivity index (χ0n) is 15.1. The number of hydrogen-bond donors (Lipinski definition) is 1. The Morgan fingerprint density at radius 3 is 2.58 bits per heavy atom. The molecule has 0 unspecified atom stereocenters. The van der Waals surface area contributed by atoms with Crippen LogP contribution in [0.5, 0.6) is 11.5 Å². The lowest BCUT2D eigenvalue weighted by atomic mass is 10.0. The van der Waals surface area contributed by atoms with Gasteiger partial charge in [-0.3, -0.25) is 0 Å². The third-order valence-corrected chi connectivity index (χ3v) is 4.32. The monoisotopic (exact) mass is 326 g/mol. The van der Waals surface area contributed by atoms with Gasteiger partial charge in [0.15, 0.2) is 11.5 Å². The zero-order valence-corrected chi connectivity index (χ0v) is 15.1. The normalized spacial score (nSPS) is 11.4. The van der Waals surface area contributed by atoms with Gasteiger partial charge in [0.25, 0.3) is 0 Å². The summed E-state index contributed by atoms with van der Waals surface area (Å²) in [6, 6.07) is 10.0. The van der Waals surface area contributed by atoms with Gasteiger partial charge >= 0.3 is 0 Å². The second-order valence-corrected chi connectivity index (χ2v) is 6.25. The van der Waals surface area contributed by atoms with Crippen LogP contribution >= 0.6 is 0 Å². The smallest absolute Gasteiger partial charge is 0.165 e. The fraction of sp³-hybridized carbons (Fsp3) is 0.455. The van der Waals surface area contributed by atoms with E-state index in [1.54, 1.807) is 0 Å². The summed E-state index contributed by atoms with van der Waals surface area (Å²) in [4.78, 5) is 0. The number of phenols is 1. The molecule has 130 valence electrons. The molecule has 0 bridgehead atoms. The molecule has 0 fully saturated rings. The van der Waals surface area contributed by atoms with Crippen LogP contribution in [0.4, 0.5) is 0 Å². The van der Waals surface area contributed by atoms with E-state index in [-0.39, 0.29) is 5.75 Å². The molecule has 0 aliphatic heterocycles. The van der Waals surface area contributed by atoms with Gasteiger partial charge in [-0.25, -0.2) is 0 Å². The molecule has 0 radical (unpaired) electrons. The summed E-state index contributed by atoms with van der Waals surface area (Å²) in [5, 5.41) is 12.5. The lowest BCUT2D eigenvalue weighted by molar-refractivity contribution is 0.288. The number of allylic oxidation sites excluding steroid dienone is 2. The van der Waals surface area contributed by atoms with Crippen LogP contribution in [-0.2, 0) is 6.42 Å². The summed E-state index contributed by atoms with van der Waals surface area (Å²) < 4.78 is 5.94. The van der Waals surface area contributed by atoms with Crippen molar-refractivity contribution in [1.82, 2.24) is 0 Å². The van der Waals surface area contributed by atoms with Gasteiger partial charge in [-0.1, -0.05) is 56.7 Å². The van der Waals surface area contributed by atoms with Gasteiger partial charge in [-0.2, -0.15) is 0 Å². The molecule has 2 rings (SSSR count). The first kappa shape index (κ1) is 18.4. The third kappa shape index (κ3) is 5.02. The summed E-state index contributed by atoms with van der Waals surface area (Å²) in [6.07, 6.45) is 12.4. The molecule has 0 aliphatic rings. The highest BCUT2D eigenvalue weighted by molar-refractivity contribution is 5.91. The summed E-state index contributed by atoms with van der Waals surface area (Å²) in [5.41, 5.74) is 1.08. The molecule has 2 nitrogen and oxygen atoms in total. The molecule has 0 saturated heterocycles. The third-order valence-electron chi connectivity index (χ3n) is 4.32. The summed E-state index contributed by atoms with van der Waals surface area (Å²) in [6.45, 7) is 4.96. The van der Waals surface area contributed by atoms with Crippen LogP contribution in [0.1, 0.15) is 57.9 Å². The van der Waals surface area contributed by atoms with Crippen LogP contribution < -0.4 is 4.74 Å². The second kappa shape index (κ2) is 10.0. The minimum Gasteiger partial charge on any atom is -0.504 e. The Morgan fingerprint density at radius 1 is 1.00 bits per heavy atom. The van der Waals surface area contributed by atoms with E-state index in [0.29, 0.717) is 12.4 Å². The molecule has 2 aromatic rings. The summed E-state index contributed by atoms with van der Waals surface area (Å²) in [5.74, 6) is 0.950. The standard InChI is InChI=1S/C22H30O2/c1-3-5-6-7-8-9-10-13-16-24-22-18(4-2)17-19-14-11-12-15-20(19)21(22)23/h6-7,11-12,14-15,17,23H,3-5,8-10,13,16H2,1-2H3. The molecule has 0 spiro atoms. The fourth-order valence-corrected chi connectivity index (χ4v) is 2.91. The van der Waals surface area contributed by atoms with Gasteiger partial charge < -0.3 is 9.84 Å². The van der Waals surface area contributed by atoms with E-state index < -0.39 is 0 Å². The topological polar surface area (TPSA) is 29.5 Å². The number of phenolic OH excluding ortho intramolecular Hbond substituents is 1. The number of ether oxygens (including phenoxy) is 1. The summed E-state index contributed by atoms with van der Waals surface area (Å²) >= 11 is 0. The predicted octanol–water partition coefficient (Wildman–Crippen LogP) is 6.40. The fourth-order valence-electron chi connectivity index (χ4n) is 2.91. The van der Waals surface area contributed by atoms with Gasteiger partial charge in [-0.05, 0) is 55.5 Å². The number of fused-ring (bicyclic) bond motifs is 1. The lowest BCUT2D eigenvalue weighted by Gasteiger charge is -2.14. The minimum absolute atomic E-state index is 0.285. The number of benzene rings is 2. The molecule has 24 heavy (non-hydrogen) atoms. The van der Waals surface area contributed by atoms with Crippen molar-refractivity contribution in [2.24, 2.45) is 0 Å². The van der Waals surface area contributed by atoms with Crippen molar-refractivity contribution < 1.29 is 9.84 Å². The van der Waals surface area contributed by atoms with Crippen molar-refractivity contribution in [1.29, 1.82) is 0 Å². The SMILES string of the molecule is CCCC=CCCCCCOc1c(CC)cc2ccccc2c1O. The highest BCUT2D eigenvalue weighted by Gasteiger charge is 2.12. The largest absolute Gasteiger partial charge is 0.504 e. The Bertz CT molecular complexity index is 658. The maximum Gasteiger partial charge on any atom is 0.165 e. The van der Waals surface area contributed by atoms with E-state index >= 15 is 0 Å². The minimum atomic E-state index is 0.285. The molecule has 0 saturated carbocycles. The molecule has 0 aliphatic carbocycles. The maximum absolute atomic E-state index is 10.6. The van der Waals surface area contributed by atoms with E-state index in [4.69, 9.17) is 4.74 Å². The molecular weight excluding hydrogens is 296 g/mol. The average molecular weight is 326 g/mol. The Balaban J connectivity index is 1.87. The quantitative estimate of drug-likeness (QED) is 0.404. The van der Waals surface area contributed by atoms with Crippen molar-refractivity contribution >= 4 is 10.8 Å². The van der Waals surface area contributed by atoms with Crippen LogP contribution in [-0.4, -0.2) is 11.7 Å². The first-order valence-electron chi connectivity index (χ1n) is 9.29. The summed E-state index contributed by atoms with van der Waals surface area (Å²) in [7, 11) is 0. The Hall–Kier alpha value is -1.96. The van der Waals surface area contributed by atoms with Gasteiger partial charge in [0.1, 0.15) is 0 Å². The Morgan fingerprint density at radius 2 is 1.79 bits per heavy atom. The van der Waals surface area contributed by atoms with Crippen molar-refractivity contribution in [3.63, 3.8) is 0 Å². The number of aromatic hydroxyl groups is 1. The van der Waals surface area contributed by atoms with Crippen LogP contribution in [0.3, 0.4) is 0 Å². The lowest BCUT2D eigenvalue weighted by Crippen LogP contribution is -2.01. The predicted molar refractivity (Wildman–Crippen MR) is 103 cm³/mol. The molecule has 0 heterocycles. The molecule has 2 heteroatoms. The zero-order chi connectivity index (χ0) is 17.2. The molecule has 0 amide bonds. The van der Waals surface area contributed by atoms with Crippen molar-refractivity contribution in [2.75, 3.05) is 6.61 Å². The molecule has 0 aromatic heterocycles. The van der Waals surface area contributed by atoms with Crippen molar-refractivity contribution in [2.45, 2.75) is 58.8 Å². The number of unbranched alkanes of at least 4 members (excludes halogenated alkanes) is 4. The Labute approximate surface area is 146 Å². The molecule has 2 aromatic carbocycles. The maximum atomic E-state index is 10.6. The first-order valence-corrected chi connectivity index (χ1v) is 9.29. The molecule has 1 N–H and O–H groups in total. The van der Waals surface area contributed by atoms with Crippen LogP contribution in [0, 0.1) is 0 Å². The van der Waals surface area contributed by atoms with Crippen molar-refractivity contribution in [3.8, 4) is 11.5 Å². The van der Waals surface area contributed by atoms with Crippen LogP contribution in [0.15, 0.2) is 42.5 Å². The highest BCUT2D eigenvalue weighted by atomic mass is 16.5. The van der Waals surface area contributed by atoms with Gasteiger partial charge in [0.05, 0.1) is 6.61 Å². The average Bonchev–Trinajstić information content (AvgIpc) is 2.61. The van der Waals surface area contributed by atoms with E-state index in [2.05, 4.69) is 32.1 Å². The number of hydrogen-bond acceptors (Lipinski definition) is 2. The van der Waals surface area contributed by atoms with Gasteiger partial charge in [0, 0.05) is 5.39 Å². The highest BCUT2D eigenvalue weighted by Crippen LogP contribution is 2.38. The second-order valence-electron chi connectivity index (χ2n) is 6.25.